The molecule has 1 heterocycles. The molecule has 0 aromatic carbocycles. The lowest BCUT2D eigenvalue weighted by Gasteiger charge is -2.40. The monoisotopic (exact) mass is 808 g/mol. The average molecular weight is 808 g/mol. The van der Waals surface area contributed by atoms with Gasteiger partial charge in [-0.05, 0) is 83.5 Å². The van der Waals surface area contributed by atoms with Crippen LogP contribution < -0.4 is 5.32 Å². The summed E-state index contributed by atoms with van der Waals surface area (Å²) in [4.78, 5) is 12.8. The van der Waals surface area contributed by atoms with Crippen LogP contribution in [0.1, 0.15) is 123 Å². The number of carbonyl (C=O) groups is 1. The van der Waals surface area contributed by atoms with Crippen molar-refractivity contribution in [3.8, 4) is 0 Å². The van der Waals surface area contributed by atoms with Crippen LogP contribution in [0.2, 0.25) is 0 Å². The quantitative estimate of drug-likeness (QED) is 0.0285. The molecular formula is C49H77NO8. The molecule has 9 heteroatoms. The van der Waals surface area contributed by atoms with E-state index in [0.717, 1.165) is 96.3 Å². The number of rotatable bonds is 33. The highest BCUT2D eigenvalue weighted by Gasteiger charge is 2.44. The van der Waals surface area contributed by atoms with Crippen LogP contribution in [0, 0.1) is 0 Å². The van der Waals surface area contributed by atoms with Crippen LogP contribution in [-0.2, 0) is 14.3 Å². The van der Waals surface area contributed by atoms with E-state index >= 15 is 0 Å². The molecule has 0 spiro atoms. The molecule has 0 bridgehead atoms. The Morgan fingerprint density at radius 1 is 0.603 bits per heavy atom. The van der Waals surface area contributed by atoms with Crippen molar-refractivity contribution >= 4 is 5.91 Å². The summed E-state index contributed by atoms with van der Waals surface area (Å²) in [5.41, 5.74) is 0. The van der Waals surface area contributed by atoms with Crippen LogP contribution in [0.5, 0.6) is 0 Å². The Hall–Kier alpha value is -3.41. The number of aliphatic hydroxyl groups is 5. The fourth-order valence-corrected chi connectivity index (χ4v) is 5.78. The van der Waals surface area contributed by atoms with Gasteiger partial charge in [0.25, 0.3) is 0 Å². The first-order valence-electron chi connectivity index (χ1n) is 21.8. The van der Waals surface area contributed by atoms with Gasteiger partial charge in [0.15, 0.2) is 6.29 Å². The van der Waals surface area contributed by atoms with E-state index in [1.165, 1.54) is 0 Å². The van der Waals surface area contributed by atoms with Gasteiger partial charge in [-0.25, -0.2) is 0 Å². The third-order valence-corrected chi connectivity index (χ3v) is 9.29. The maximum absolute atomic E-state index is 12.8. The van der Waals surface area contributed by atoms with Crippen LogP contribution in [0.25, 0.3) is 0 Å². The molecule has 1 fully saturated rings. The van der Waals surface area contributed by atoms with Gasteiger partial charge >= 0.3 is 0 Å². The second-order valence-corrected chi connectivity index (χ2v) is 14.4. The molecule has 9 nitrogen and oxygen atoms in total. The fraction of sp³-hybridized carbons (Fsp3) is 0.571. The summed E-state index contributed by atoms with van der Waals surface area (Å²) in [7, 11) is 0. The minimum atomic E-state index is -1.58. The average Bonchev–Trinajstić information content (AvgIpc) is 3.22. The maximum atomic E-state index is 12.8. The zero-order valence-corrected chi connectivity index (χ0v) is 35.5. The summed E-state index contributed by atoms with van der Waals surface area (Å²) >= 11 is 0. The van der Waals surface area contributed by atoms with Gasteiger partial charge in [0.05, 0.1) is 25.4 Å². The standard InChI is InChI=1S/C49H77NO8/c1-3-5-7-9-10-11-12-13-14-15-16-17-18-19-20-21-22-23-24-25-26-27-28-29-30-31-32-33-34-35-37-39-45(53)50-42(43(52)38-36-8-6-4-2)41-57-49-48(56)47(55)46(54)44(40-51)58-49/h5,7,10-11,13-14,16-17,19-20,22-23,25-26,28-29,31-32,36,38,42-44,46-49,51-52,54-56H,3-4,6,8-9,12,15,18,21,24,27,30,33-35,37,39-41H2,1-2H3,(H,50,53)/b7-5-,11-10-,14-13-,17-16-,20-19-,23-22-,26-25-,29-28-,32-31-,38-36+. The zero-order valence-electron chi connectivity index (χ0n) is 35.5. The lowest BCUT2D eigenvalue weighted by molar-refractivity contribution is -0.302. The molecule has 6 N–H and O–H groups in total. The molecule has 0 aromatic rings. The zero-order chi connectivity index (χ0) is 42.3. The van der Waals surface area contributed by atoms with E-state index in [4.69, 9.17) is 9.47 Å². The summed E-state index contributed by atoms with van der Waals surface area (Å²) in [5.74, 6) is -0.226. The largest absolute Gasteiger partial charge is 0.394 e. The van der Waals surface area contributed by atoms with Gasteiger partial charge in [-0.15, -0.1) is 0 Å². The molecule has 0 aliphatic carbocycles. The van der Waals surface area contributed by atoms with E-state index in [1.807, 2.05) is 6.08 Å². The summed E-state index contributed by atoms with van der Waals surface area (Å²) < 4.78 is 11.0. The van der Waals surface area contributed by atoms with Crippen molar-refractivity contribution in [3.63, 3.8) is 0 Å². The van der Waals surface area contributed by atoms with E-state index in [9.17, 15) is 30.3 Å². The molecule has 7 atom stereocenters. The van der Waals surface area contributed by atoms with Gasteiger partial charge in [0.2, 0.25) is 5.91 Å². The third kappa shape index (κ3) is 28.1. The molecule has 1 amide bonds. The fourth-order valence-electron chi connectivity index (χ4n) is 5.78. The van der Waals surface area contributed by atoms with E-state index in [-0.39, 0.29) is 12.5 Å². The Morgan fingerprint density at radius 3 is 1.53 bits per heavy atom. The lowest BCUT2D eigenvalue weighted by Crippen LogP contribution is -2.60. The molecule has 58 heavy (non-hydrogen) atoms. The number of aliphatic hydroxyl groups excluding tert-OH is 5. The Bertz CT molecular complexity index is 1310. The number of carbonyl (C=O) groups excluding carboxylic acids is 1. The van der Waals surface area contributed by atoms with Crippen LogP contribution in [0.4, 0.5) is 0 Å². The normalized spacial score (nSPS) is 22.1. The molecule has 1 aliphatic rings. The Morgan fingerprint density at radius 2 is 1.07 bits per heavy atom. The third-order valence-electron chi connectivity index (χ3n) is 9.29. The number of ether oxygens (including phenoxy) is 2. The van der Waals surface area contributed by atoms with Crippen molar-refractivity contribution in [3.05, 3.63) is 122 Å². The van der Waals surface area contributed by atoms with E-state index in [0.29, 0.717) is 12.8 Å². The van der Waals surface area contributed by atoms with E-state index in [1.54, 1.807) is 6.08 Å². The summed E-state index contributed by atoms with van der Waals surface area (Å²) in [6.07, 6.45) is 50.3. The number of nitrogens with one attached hydrogen (secondary N) is 1. The highest BCUT2D eigenvalue weighted by Crippen LogP contribution is 2.22. The Labute approximate surface area is 350 Å². The van der Waals surface area contributed by atoms with Gasteiger partial charge < -0.3 is 40.3 Å². The van der Waals surface area contributed by atoms with Gasteiger partial charge in [-0.3, -0.25) is 4.79 Å². The molecular weight excluding hydrogens is 731 g/mol. The lowest BCUT2D eigenvalue weighted by atomic mass is 9.99. The van der Waals surface area contributed by atoms with Crippen molar-refractivity contribution in [1.29, 1.82) is 0 Å². The maximum Gasteiger partial charge on any atom is 0.220 e. The van der Waals surface area contributed by atoms with Crippen LogP contribution >= 0.6 is 0 Å². The number of unbranched alkanes of at least 4 members (excludes halogenated alkanes) is 5. The molecule has 0 saturated carbocycles. The topological polar surface area (TPSA) is 149 Å². The first kappa shape index (κ1) is 52.6. The second-order valence-electron chi connectivity index (χ2n) is 14.4. The molecule has 7 unspecified atom stereocenters. The summed E-state index contributed by atoms with van der Waals surface area (Å²) in [6.45, 7) is 3.44. The molecule has 326 valence electrons. The van der Waals surface area contributed by atoms with Crippen molar-refractivity contribution < 1.29 is 39.8 Å². The van der Waals surface area contributed by atoms with Crippen LogP contribution in [-0.4, -0.2) is 87.5 Å². The minimum absolute atomic E-state index is 0.215. The molecule has 1 aliphatic heterocycles. The van der Waals surface area contributed by atoms with E-state index in [2.05, 4.69) is 129 Å². The second kappa shape index (κ2) is 37.8. The van der Waals surface area contributed by atoms with Gasteiger partial charge in [0.1, 0.15) is 24.4 Å². The highest BCUT2D eigenvalue weighted by atomic mass is 16.7. The number of amides is 1. The smallest absolute Gasteiger partial charge is 0.220 e. The first-order valence-corrected chi connectivity index (χ1v) is 21.8. The predicted molar refractivity (Wildman–Crippen MR) is 239 cm³/mol. The SMILES string of the molecule is CC/C=C\C/C=C\C/C=C\C/C=C\C/C=C\C/C=C\C/C=C\C/C=C\C/C=C\CCCCCC(=O)NC(COC1OC(CO)C(O)C(O)C1O)C(O)/C=C/CCCC. The number of hydrogen-bond donors (Lipinski definition) is 6. The predicted octanol–water partition coefficient (Wildman–Crippen LogP) is 8.88. The first-order chi connectivity index (χ1) is 28.3. The van der Waals surface area contributed by atoms with Gasteiger partial charge in [-0.2, -0.15) is 0 Å². The Balaban J connectivity index is 2.19. The van der Waals surface area contributed by atoms with Crippen molar-refractivity contribution in [2.75, 3.05) is 13.2 Å². The van der Waals surface area contributed by atoms with Crippen molar-refractivity contribution in [1.82, 2.24) is 5.32 Å². The van der Waals surface area contributed by atoms with Crippen LogP contribution in [0.15, 0.2) is 122 Å². The molecule has 1 saturated heterocycles. The number of hydrogen-bond acceptors (Lipinski definition) is 8. The van der Waals surface area contributed by atoms with Gasteiger partial charge in [-0.1, -0.05) is 155 Å². The van der Waals surface area contributed by atoms with Crippen molar-refractivity contribution in [2.24, 2.45) is 0 Å². The highest BCUT2D eigenvalue weighted by molar-refractivity contribution is 5.76. The Kier molecular flexibility index (Phi) is 34.3. The minimum Gasteiger partial charge on any atom is -0.394 e. The summed E-state index contributed by atoms with van der Waals surface area (Å²) in [5, 5.41) is 53.5. The molecule has 0 aromatic heterocycles. The van der Waals surface area contributed by atoms with E-state index < -0.39 is 49.5 Å². The molecule has 1 rings (SSSR count). The molecule has 0 radical (unpaired) electrons. The van der Waals surface area contributed by atoms with Crippen molar-refractivity contribution in [2.45, 2.75) is 166 Å². The number of allylic oxidation sites excluding steroid dienone is 19. The van der Waals surface area contributed by atoms with Crippen LogP contribution in [0.3, 0.4) is 0 Å². The van der Waals surface area contributed by atoms with Gasteiger partial charge in [0, 0.05) is 6.42 Å². The summed E-state index contributed by atoms with van der Waals surface area (Å²) in [6, 6.07) is -0.827.